The molecule has 1 amide bonds. The van der Waals surface area contributed by atoms with Crippen LogP contribution >= 0.6 is 0 Å². The number of ketones is 1. The van der Waals surface area contributed by atoms with Crippen molar-refractivity contribution in [2.45, 2.75) is 38.0 Å². The number of carbonyl (C=O) groups excluding carboxylic acids is 2. The van der Waals surface area contributed by atoms with E-state index >= 15 is 0 Å². The Morgan fingerprint density at radius 2 is 1.96 bits per heavy atom. The summed E-state index contributed by atoms with van der Waals surface area (Å²) in [5.41, 5.74) is 2.88. The van der Waals surface area contributed by atoms with Gasteiger partial charge in [0.15, 0.2) is 0 Å². The lowest BCUT2D eigenvalue weighted by molar-refractivity contribution is -0.124. The monoisotopic (exact) mass is 377 g/mol. The van der Waals surface area contributed by atoms with Crippen molar-refractivity contribution in [3.05, 3.63) is 65.2 Å². The fourth-order valence-corrected chi connectivity index (χ4v) is 4.92. The number of nitrogens with zero attached hydrogens (tertiary/aromatic N) is 1. The number of aryl methyl sites for hydroxylation is 1. The molecule has 2 fully saturated rings. The van der Waals surface area contributed by atoms with Crippen LogP contribution in [0.4, 0.5) is 0 Å². The second-order valence-electron chi connectivity index (χ2n) is 8.21. The zero-order valence-corrected chi connectivity index (χ0v) is 16.6. The van der Waals surface area contributed by atoms with Gasteiger partial charge in [-0.05, 0) is 55.5 Å². The van der Waals surface area contributed by atoms with Crippen molar-refractivity contribution in [2.75, 3.05) is 20.2 Å². The molecular weight excluding hydrogens is 350 g/mol. The highest BCUT2D eigenvalue weighted by atomic mass is 16.5. The topological polar surface area (TPSA) is 46.6 Å². The Labute approximate surface area is 166 Å². The largest absolute Gasteiger partial charge is 0.497 e. The van der Waals surface area contributed by atoms with Gasteiger partial charge in [0.05, 0.1) is 7.11 Å². The minimum Gasteiger partial charge on any atom is -0.497 e. The first-order valence-electron chi connectivity index (χ1n) is 10.0. The first kappa shape index (κ1) is 18.7. The van der Waals surface area contributed by atoms with Gasteiger partial charge in [-0.1, -0.05) is 29.8 Å². The van der Waals surface area contributed by atoms with Crippen molar-refractivity contribution in [3.63, 3.8) is 0 Å². The van der Waals surface area contributed by atoms with Gasteiger partial charge >= 0.3 is 0 Å². The number of hydrogen-bond acceptors (Lipinski definition) is 3. The highest BCUT2D eigenvalue weighted by Crippen LogP contribution is 2.48. The van der Waals surface area contributed by atoms with Crippen molar-refractivity contribution in [3.8, 4) is 5.75 Å². The van der Waals surface area contributed by atoms with E-state index in [2.05, 4.69) is 12.1 Å². The number of amides is 1. The average molecular weight is 377 g/mol. The predicted molar refractivity (Wildman–Crippen MR) is 109 cm³/mol. The summed E-state index contributed by atoms with van der Waals surface area (Å²) >= 11 is 0. The van der Waals surface area contributed by atoms with Crippen LogP contribution in [0.5, 0.6) is 5.75 Å². The molecule has 2 aromatic rings. The molecule has 2 aliphatic rings. The Morgan fingerprint density at radius 3 is 2.71 bits per heavy atom. The number of likely N-dealkylation sites (tertiary alicyclic amines) is 1. The van der Waals surface area contributed by atoms with Crippen molar-refractivity contribution >= 4 is 11.7 Å². The number of ether oxygens (including phenoxy) is 1. The van der Waals surface area contributed by atoms with E-state index in [9.17, 15) is 9.59 Å². The minimum atomic E-state index is -0.187. The average Bonchev–Trinajstić information content (AvgIpc) is 2.73. The molecule has 0 spiro atoms. The maximum absolute atomic E-state index is 13.0. The predicted octanol–water partition coefficient (Wildman–Crippen LogP) is 4.16. The lowest BCUT2D eigenvalue weighted by atomic mass is 9.59. The molecule has 0 N–H and O–H groups in total. The molecule has 1 saturated heterocycles. The van der Waals surface area contributed by atoms with E-state index < -0.39 is 0 Å². The zero-order chi connectivity index (χ0) is 19.7. The van der Waals surface area contributed by atoms with E-state index in [1.54, 1.807) is 7.11 Å². The number of methoxy groups -OCH3 is 1. The second-order valence-corrected chi connectivity index (χ2v) is 8.21. The van der Waals surface area contributed by atoms with Crippen LogP contribution in [-0.2, 0) is 10.2 Å². The highest BCUT2D eigenvalue weighted by Gasteiger charge is 2.48. The van der Waals surface area contributed by atoms with Gasteiger partial charge < -0.3 is 9.64 Å². The Hall–Kier alpha value is -2.62. The maximum atomic E-state index is 13.0. The van der Waals surface area contributed by atoms with Gasteiger partial charge in [-0.3, -0.25) is 9.59 Å². The zero-order valence-electron chi connectivity index (χ0n) is 16.6. The van der Waals surface area contributed by atoms with Crippen LogP contribution in [0, 0.1) is 12.8 Å². The van der Waals surface area contributed by atoms with Crippen LogP contribution in [0.2, 0.25) is 0 Å². The number of benzene rings is 2. The van der Waals surface area contributed by atoms with E-state index in [0.717, 1.165) is 29.7 Å². The Morgan fingerprint density at radius 1 is 1.18 bits per heavy atom. The summed E-state index contributed by atoms with van der Waals surface area (Å²) in [6.07, 6.45) is 2.84. The Balaban J connectivity index is 1.62. The van der Waals surface area contributed by atoms with E-state index in [-0.39, 0.29) is 11.3 Å². The van der Waals surface area contributed by atoms with E-state index in [1.807, 2.05) is 48.2 Å². The molecule has 1 aliphatic heterocycles. The third kappa shape index (κ3) is 3.32. The number of Topliss-reactive ketones (excluding diaryl/α,β-unsaturated/α-hetero) is 1. The molecule has 2 atom stereocenters. The second kappa shape index (κ2) is 7.42. The highest BCUT2D eigenvalue weighted by molar-refractivity contribution is 5.94. The van der Waals surface area contributed by atoms with Gasteiger partial charge in [-0.25, -0.2) is 0 Å². The molecule has 2 aromatic carbocycles. The summed E-state index contributed by atoms with van der Waals surface area (Å²) in [6, 6.07) is 15.9. The Bertz CT molecular complexity index is 889. The number of carbonyl (C=O) groups is 2. The van der Waals surface area contributed by atoms with Gasteiger partial charge in [0.2, 0.25) is 0 Å². The summed E-state index contributed by atoms with van der Waals surface area (Å²) < 4.78 is 5.43. The molecule has 28 heavy (non-hydrogen) atoms. The van der Waals surface area contributed by atoms with Gasteiger partial charge in [-0.15, -0.1) is 0 Å². The molecule has 4 rings (SSSR count). The Kier molecular flexibility index (Phi) is 4.96. The molecule has 1 heterocycles. The molecule has 0 radical (unpaired) electrons. The molecule has 4 heteroatoms. The van der Waals surface area contributed by atoms with Gasteiger partial charge in [0.1, 0.15) is 11.5 Å². The number of fused-ring (bicyclic) bond motifs is 1. The third-order valence-corrected chi connectivity index (χ3v) is 6.56. The number of rotatable bonds is 3. The van der Waals surface area contributed by atoms with E-state index in [0.29, 0.717) is 37.6 Å². The lowest BCUT2D eigenvalue weighted by Gasteiger charge is -2.50. The van der Waals surface area contributed by atoms with Crippen LogP contribution in [0.1, 0.15) is 47.2 Å². The van der Waals surface area contributed by atoms with E-state index in [4.69, 9.17) is 4.74 Å². The van der Waals surface area contributed by atoms with Crippen LogP contribution in [-0.4, -0.2) is 36.8 Å². The van der Waals surface area contributed by atoms with Crippen LogP contribution < -0.4 is 4.74 Å². The van der Waals surface area contributed by atoms with Crippen LogP contribution in [0.15, 0.2) is 48.5 Å². The fourth-order valence-electron chi connectivity index (χ4n) is 4.92. The summed E-state index contributed by atoms with van der Waals surface area (Å²) in [6.45, 7) is 3.40. The molecule has 1 saturated carbocycles. The van der Waals surface area contributed by atoms with Crippen molar-refractivity contribution in [2.24, 2.45) is 5.92 Å². The van der Waals surface area contributed by atoms with E-state index in [1.165, 1.54) is 5.56 Å². The molecule has 146 valence electrons. The molecule has 0 bridgehead atoms. The normalized spacial score (nSPS) is 24.6. The standard InChI is InChI=1S/C24H27NO3/c1-17-6-8-18(9-7-17)23(27)25-13-12-24(15-21(26)11-10-20(24)16-25)19-4-3-5-22(14-19)28-2/h3-9,14,20H,10-13,15-16H2,1-2H3. The van der Waals surface area contributed by atoms with Crippen LogP contribution in [0.25, 0.3) is 0 Å². The smallest absolute Gasteiger partial charge is 0.253 e. The van der Waals surface area contributed by atoms with Crippen molar-refractivity contribution < 1.29 is 14.3 Å². The number of hydrogen-bond donors (Lipinski definition) is 0. The van der Waals surface area contributed by atoms with Crippen molar-refractivity contribution in [1.29, 1.82) is 0 Å². The lowest BCUT2D eigenvalue weighted by Crippen LogP contribution is -2.54. The summed E-state index contributed by atoms with van der Waals surface area (Å²) in [5, 5.41) is 0. The molecular formula is C24H27NO3. The SMILES string of the molecule is COc1cccc(C23CCN(C(=O)c4ccc(C)cc4)CC2CCC(=O)C3)c1. The van der Waals surface area contributed by atoms with Gasteiger partial charge in [-0.2, -0.15) is 0 Å². The quantitative estimate of drug-likeness (QED) is 0.807. The first-order chi connectivity index (χ1) is 13.5. The maximum Gasteiger partial charge on any atom is 0.253 e. The number of piperidine rings is 1. The third-order valence-electron chi connectivity index (χ3n) is 6.56. The van der Waals surface area contributed by atoms with Crippen LogP contribution in [0.3, 0.4) is 0 Å². The molecule has 1 aliphatic carbocycles. The van der Waals surface area contributed by atoms with Gasteiger partial charge in [0, 0.05) is 36.9 Å². The fraction of sp³-hybridized carbons (Fsp3) is 0.417. The molecule has 2 unspecified atom stereocenters. The summed E-state index contributed by atoms with van der Waals surface area (Å²) in [7, 11) is 1.67. The molecule has 0 aromatic heterocycles. The van der Waals surface area contributed by atoms with Gasteiger partial charge in [0.25, 0.3) is 5.91 Å². The minimum absolute atomic E-state index is 0.0937. The molecule has 4 nitrogen and oxygen atoms in total. The summed E-state index contributed by atoms with van der Waals surface area (Å²) in [4.78, 5) is 27.4. The summed E-state index contributed by atoms with van der Waals surface area (Å²) in [5.74, 6) is 1.54. The van der Waals surface area contributed by atoms with Crippen molar-refractivity contribution in [1.82, 2.24) is 4.90 Å². The first-order valence-corrected chi connectivity index (χ1v) is 10.0.